The molecule has 0 fully saturated rings. The third kappa shape index (κ3) is 3.05. The molecule has 19 heavy (non-hydrogen) atoms. The van der Waals surface area contributed by atoms with Crippen molar-refractivity contribution in [3.63, 3.8) is 0 Å². The first kappa shape index (κ1) is 13.8. The summed E-state index contributed by atoms with van der Waals surface area (Å²) in [5, 5.41) is 11.0. The first-order valence-corrected chi connectivity index (χ1v) is 6.89. The van der Waals surface area contributed by atoms with E-state index in [9.17, 15) is 5.11 Å². The van der Waals surface area contributed by atoms with Crippen LogP contribution < -0.4 is 0 Å². The molecule has 0 aliphatic heterocycles. The molecule has 2 aromatic carbocycles. The van der Waals surface area contributed by atoms with Gasteiger partial charge in [0.25, 0.3) is 0 Å². The molecule has 0 heterocycles. The average Bonchev–Trinajstić information content (AvgIpc) is 2.39. The molecule has 2 aromatic rings. The van der Waals surface area contributed by atoms with Crippen LogP contribution in [-0.2, 0) is 12.0 Å². The van der Waals surface area contributed by atoms with Crippen molar-refractivity contribution in [3.8, 4) is 0 Å². The van der Waals surface area contributed by atoms with E-state index in [1.165, 1.54) is 16.7 Å². The second-order valence-electron chi connectivity index (χ2n) is 5.37. The fourth-order valence-electron chi connectivity index (χ4n) is 2.68. The van der Waals surface area contributed by atoms with Gasteiger partial charge in [-0.15, -0.1) is 0 Å². The average molecular weight is 254 g/mol. The Kier molecular flexibility index (Phi) is 4.06. The molecule has 1 N–H and O–H groups in total. The van der Waals surface area contributed by atoms with Crippen LogP contribution in [0.1, 0.15) is 35.6 Å². The van der Waals surface area contributed by atoms with Gasteiger partial charge in [0, 0.05) is 6.42 Å². The quantitative estimate of drug-likeness (QED) is 0.869. The van der Waals surface area contributed by atoms with Gasteiger partial charge >= 0.3 is 0 Å². The van der Waals surface area contributed by atoms with Crippen LogP contribution in [0.4, 0.5) is 0 Å². The molecular formula is C18H22O. The second kappa shape index (κ2) is 5.58. The third-order valence-electron chi connectivity index (χ3n) is 3.81. The highest BCUT2D eigenvalue weighted by atomic mass is 16.3. The molecule has 0 saturated carbocycles. The van der Waals surface area contributed by atoms with E-state index in [4.69, 9.17) is 0 Å². The smallest absolute Gasteiger partial charge is 0.0936 e. The SMILES string of the molecule is CCC(O)(Cc1ccccc1)c1ccc(C)cc1C. The van der Waals surface area contributed by atoms with Gasteiger partial charge in [-0.2, -0.15) is 0 Å². The van der Waals surface area contributed by atoms with Gasteiger partial charge in [-0.05, 0) is 37.0 Å². The minimum absolute atomic E-state index is 0.661. The fourth-order valence-corrected chi connectivity index (χ4v) is 2.68. The molecule has 0 radical (unpaired) electrons. The summed E-state index contributed by atoms with van der Waals surface area (Å²) in [4.78, 5) is 0. The fraction of sp³-hybridized carbons (Fsp3) is 0.333. The van der Waals surface area contributed by atoms with Gasteiger partial charge in [0.05, 0.1) is 5.60 Å². The number of hydrogen-bond donors (Lipinski definition) is 1. The Hall–Kier alpha value is -1.60. The Morgan fingerprint density at radius 2 is 1.68 bits per heavy atom. The topological polar surface area (TPSA) is 20.2 Å². The van der Waals surface area contributed by atoms with Crippen LogP contribution in [0.25, 0.3) is 0 Å². The molecule has 0 spiro atoms. The third-order valence-corrected chi connectivity index (χ3v) is 3.81. The van der Waals surface area contributed by atoms with Crippen LogP contribution in [0.2, 0.25) is 0 Å². The number of aryl methyl sites for hydroxylation is 2. The highest BCUT2D eigenvalue weighted by molar-refractivity contribution is 5.36. The van der Waals surface area contributed by atoms with E-state index >= 15 is 0 Å². The van der Waals surface area contributed by atoms with Gasteiger partial charge < -0.3 is 5.11 Å². The monoisotopic (exact) mass is 254 g/mol. The van der Waals surface area contributed by atoms with E-state index in [2.05, 4.69) is 44.2 Å². The molecule has 1 heteroatoms. The zero-order valence-electron chi connectivity index (χ0n) is 12.0. The van der Waals surface area contributed by atoms with Gasteiger partial charge in [0.1, 0.15) is 0 Å². The summed E-state index contributed by atoms with van der Waals surface area (Å²) in [7, 11) is 0. The predicted octanol–water partition coefficient (Wildman–Crippen LogP) is 4.14. The summed E-state index contributed by atoms with van der Waals surface area (Å²) in [5.41, 5.74) is 3.84. The lowest BCUT2D eigenvalue weighted by Crippen LogP contribution is -2.28. The van der Waals surface area contributed by atoms with Crippen molar-refractivity contribution < 1.29 is 5.11 Å². The molecule has 0 amide bonds. The molecule has 0 aliphatic carbocycles. The second-order valence-corrected chi connectivity index (χ2v) is 5.37. The van der Waals surface area contributed by atoms with Crippen LogP contribution in [0.3, 0.4) is 0 Å². The largest absolute Gasteiger partial charge is 0.385 e. The van der Waals surface area contributed by atoms with E-state index < -0.39 is 5.60 Å². The highest BCUT2D eigenvalue weighted by Crippen LogP contribution is 2.31. The Bertz CT molecular complexity index is 545. The van der Waals surface area contributed by atoms with E-state index in [1.54, 1.807) is 0 Å². The Balaban J connectivity index is 2.36. The van der Waals surface area contributed by atoms with Crippen molar-refractivity contribution in [1.82, 2.24) is 0 Å². The first-order chi connectivity index (χ1) is 9.05. The lowest BCUT2D eigenvalue weighted by molar-refractivity contribution is 0.0321. The standard InChI is InChI=1S/C18H22O/c1-4-18(19,13-16-8-6-5-7-9-16)17-11-10-14(2)12-15(17)3/h5-12,19H,4,13H2,1-3H3. The number of hydrogen-bond acceptors (Lipinski definition) is 1. The molecular weight excluding hydrogens is 232 g/mol. The normalized spacial score (nSPS) is 14.1. The summed E-state index contributed by atoms with van der Waals surface area (Å²) >= 11 is 0. The number of aliphatic hydroxyl groups is 1. The maximum absolute atomic E-state index is 11.0. The Morgan fingerprint density at radius 3 is 2.26 bits per heavy atom. The molecule has 1 unspecified atom stereocenters. The molecule has 2 rings (SSSR count). The summed E-state index contributed by atoms with van der Waals surface area (Å²) < 4.78 is 0. The molecule has 0 saturated heterocycles. The van der Waals surface area contributed by atoms with Crippen LogP contribution >= 0.6 is 0 Å². The lowest BCUT2D eigenvalue weighted by atomic mass is 9.82. The van der Waals surface area contributed by atoms with Gasteiger partial charge in [0.2, 0.25) is 0 Å². The molecule has 100 valence electrons. The lowest BCUT2D eigenvalue weighted by Gasteiger charge is -2.29. The van der Waals surface area contributed by atoms with Crippen LogP contribution in [0, 0.1) is 13.8 Å². The molecule has 0 aliphatic rings. The van der Waals surface area contributed by atoms with E-state index in [0.29, 0.717) is 12.8 Å². The Labute approximate surface area is 115 Å². The first-order valence-electron chi connectivity index (χ1n) is 6.89. The van der Waals surface area contributed by atoms with Gasteiger partial charge in [-0.1, -0.05) is 61.0 Å². The molecule has 0 bridgehead atoms. The Morgan fingerprint density at radius 1 is 1.00 bits per heavy atom. The summed E-state index contributed by atoms with van der Waals surface area (Å²) in [6, 6.07) is 16.5. The van der Waals surface area contributed by atoms with Crippen molar-refractivity contribution in [3.05, 3.63) is 70.8 Å². The van der Waals surface area contributed by atoms with Crippen LogP contribution in [0.15, 0.2) is 48.5 Å². The molecule has 0 aromatic heterocycles. The van der Waals surface area contributed by atoms with Crippen molar-refractivity contribution in [2.45, 2.75) is 39.2 Å². The number of benzene rings is 2. The van der Waals surface area contributed by atoms with E-state index in [-0.39, 0.29) is 0 Å². The molecule has 1 nitrogen and oxygen atoms in total. The van der Waals surface area contributed by atoms with Gasteiger partial charge in [-0.25, -0.2) is 0 Å². The van der Waals surface area contributed by atoms with Gasteiger partial charge in [0.15, 0.2) is 0 Å². The van der Waals surface area contributed by atoms with Crippen LogP contribution in [-0.4, -0.2) is 5.11 Å². The van der Waals surface area contributed by atoms with Crippen molar-refractivity contribution in [2.24, 2.45) is 0 Å². The highest BCUT2D eigenvalue weighted by Gasteiger charge is 2.28. The minimum Gasteiger partial charge on any atom is -0.385 e. The maximum Gasteiger partial charge on any atom is 0.0936 e. The van der Waals surface area contributed by atoms with Crippen molar-refractivity contribution in [1.29, 1.82) is 0 Å². The van der Waals surface area contributed by atoms with E-state index in [1.807, 2.05) is 25.1 Å². The predicted molar refractivity (Wildman–Crippen MR) is 80.2 cm³/mol. The summed E-state index contributed by atoms with van der Waals surface area (Å²) in [6.07, 6.45) is 1.38. The summed E-state index contributed by atoms with van der Waals surface area (Å²) in [5.74, 6) is 0. The zero-order chi connectivity index (χ0) is 13.9. The van der Waals surface area contributed by atoms with Crippen LogP contribution in [0.5, 0.6) is 0 Å². The number of rotatable bonds is 4. The zero-order valence-corrected chi connectivity index (χ0v) is 12.0. The van der Waals surface area contributed by atoms with Crippen molar-refractivity contribution >= 4 is 0 Å². The van der Waals surface area contributed by atoms with Crippen molar-refractivity contribution in [2.75, 3.05) is 0 Å². The maximum atomic E-state index is 11.0. The summed E-state index contributed by atoms with van der Waals surface area (Å²) in [6.45, 7) is 6.20. The van der Waals surface area contributed by atoms with E-state index in [0.717, 1.165) is 5.56 Å². The minimum atomic E-state index is -0.779. The molecule has 1 atom stereocenters. The van der Waals surface area contributed by atoms with Gasteiger partial charge in [-0.3, -0.25) is 0 Å².